The number of anilines is 3. The first kappa shape index (κ1) is 26.2. The van der Waals surface area contributed by atoms with Gasteiger partial charge in [-0.3, -0.25) is 4.90 Å². The van der Waals surface area contributed by atoms with Crippen LogP contribution in [-0.2, 0) is 22.3 Å². The predicted molar refractivity (Wildman–Crippen MR) is 149 cm³/mol. The Morgan fingerprint density at radius 1 is 1.18 bits per heavy atom. The Hall–Kier alpha value is -3.08. The number of nitrogens with two attached hydrogens (primary N) is 1. The lowest BCUT2D eigenvalue weighted by Gasteiger charge is -2.34. The number of nitrogens with zero attached hydrogens (tertiary/aromatic N) is 3. The molecule has 2 bridgehead atoms. The third kappa shape index (κ3) is 5.37. The topological polar surface area (TPSA) is 124 Å². The van der Waals surface area contributed by atoms with Crippen molar-refractivity contribution in [3.8, 4) is 5.75 Å². The quantitative estimate of drug-likeness (QED) is 0.345. The Morgan fingerprint density at radius 3 is 2.77 bits per heavy atom. The summed E-state index contributed by atoms with van der Waals surface area (Å²) in [6.07, 6.45) is 9.72. The maximum absolute atomic E-state index is 11.5. The molecule has 1 saturated heterocycles. The summed E-state index contributed by atoms with van der Waals surface area (Å²) in [6, 6.07) is 4.60. The van der Waals surface area contributed by atoms with Crippen molar-refractivity contribution in [3.63, 3.8) is 0 Å². The molecule has 1 aromatic carbocycles. The number of carbonyl (C=O) groups excluding carboxylic acids is 1. The van der Waals surface area contributed by atoms with Crippen molar-refractivity contribution in [2.24, 2.45) is 17.6 Å². The molecule has 11 heteroatoms. The summed E-state index contributed by atoms with van der Waals surface area (Å²) in [5.74, 6) is 2.03. The molecule has 0 unspecified atom stereocenters. The predicted octanol–water partition coefficient (Wildman–Crippen LogP) is 3.91. The minimum Gasteiger partial charge on any atom is -0.494 e. The van der Waals surface area contributed by atoms with E-state index in [0.717, 1.165) is 69.8 Å². The highest BCUT2D eigenvalue weighted by molar-refractivity contribution is 6.32. The number of nitrogens with one attached hydrogen (secondary N) is 2. The van der Waals surface area contributed by atoms with Crippen LogP contribution < -0.4 is 21.1 Å². The van der Waals surface area contributed by atoms with Crippen molar-refractivity contribution in [2.45, 2.75) is 50.3 Å². The average Bonchev–Trinajstić information content (AvgIpc) is 3.46. The fourth-order valence-electron chi connectivity index (χ4n) is 6.66. The molecule has 4 N–H and O–H groups in total. The molecular formula is C28H35ClN6O4. The van der Waals surface area contributed by atoms with Gasteiger partial charge in [0.1, 0.15) is 16.9 Å². The van der Waals surface area contributed by atoms with Crippen molar-refractivity contribution in [3.05, 3.63) is 46.6 Å². The van der Waals surface area contributed by atoms with Gasteiger partial charge in [-0.05, 0) is 49.3 Å². The first-order valence-corrected chi connectivity index (χ1v) is 14.1. The molecule has 0 spiro atoms. The lowest BCUT2D eigenvalue weighted by molar-refractivity contribution is 0.0136. The molecule has 1 aliphatic heterocycles. The second-order valence-corrected chi connectivity index (χ2v) is 11.1. The van der Waals surface area contributed by atoms with Crippen LogP contribution in [0, 0.1) is 11.8 Å². The fraction of sp³-hybridized carbons (Fsp3) is 0.536. The van der Waals surface area contributed by atoms with Crippen molar-refractivity contribution >= 4 is 35.1 Å². The number of rotatable bonds is 7. The molecule has 1 amide bonds. The van der Waals surface area contributed by atoms with Crippen LogP contribution in [0.4, 0.5) is 22.2 Å². The molecule has 2 aromatic rings. The van der Waals surface area contributed by atoms with Crippen LogP contribution in [-0.4, -0.2) is 72.6 Å². The van der Waals surface area contributed by atoms with Crippen LogP contribution in [0.3, 0.4) is 0 Å². The summed E-state index contributed by atoms with van der Waals surface area (Å²) in [5.41, 5.74) is 8.72. The van der Waals surface area contributed by atoms with E-state index in [-0.39, 0.29) is 24.0 Å². The largest absolute Gasteiger partial charge is 0.494 e. The Bertz CT molecular complexity index is 1250. The summed E-state index contributed by atoms with van der Waals surface area (Å²) in [7, 11) is 1.71. The number of aryl methyl sites for hydroxylation is 1. The first-order valence-electron chi connectivity index (χ1n) is 13.7. The number of primary amides is 1. The van der Waals surface area contributed by atoms with E-state index in [1.54, 1.807) is 13.3 Å². The number of hydrogen-bond acceptors (Lipinski definition) is 9. The zero-order valence-corrected chi connectivity index (χ0v) is 22.8. The molecule has 39 heavy (non-hydrogen) atoms. The van der Waals surface area contributed by atoms with Crippen LogP contribution in [0.1, 0.15) is 30.4 Å². The van der Waals surface area contributed by atoms with Crippen molar-refractivity contribution in [2.75, 3.05) is 44.0 Å². The molecule has 3 aliphatic carbocycles. The van der Waals surface area contributed by atoms with Gasteiger partial charge in [-0.25, -0.2) is 9.78 Å². The number of hydrogen-bond donors (Lipinski definition) is 3. The molecule has 10 nitrogen and oxygen atoms in total. The van der Waals surface area contributed by atoms with Gasteiger partial charge < -0.3 is 30.6 Å². The van der Waals surface area contributed by atoms with Crippen LogP contribution >= 0.6 is 11.6 Å². The highest BCUT2D eigenvalue weighted by Gasteiger charge is 2.47. The minimum absolute atomic E-state index is 0.130. The molecule has 4 aliphatic rings. The van der Waals surface area contributed by atoms with Crippen LogP contribution in [0.15, 0.2) is 30.5 Å². The Balaban J connectivity index is 1.20. The Kier molecular flexibility index (Phi) is 7.51. The molecule has 0 radical (unpaired) electrons. The third-order valence-corrected chi connectivity index (χ3v) is 8.81. The molecule has 2 fully saturated rings. The van der Waals surface area contributed by atoms with Gasteiger partial charge in [-0.15, -0.1) is 0 Å². The van der Waals surface area contributed by atoms with Gasteiger partial charge in [-0.2, -0.15) is 4.98 Å². The third-order valence-electron chi connectivity index (χ3n) is 8.53. The number of morpholine rings is 1. The summed E-state index contributed by atoms with van der Waals surface area (Å²) in [5, 5.41) is 7.12. The van der Waals surface area contributed by atoms with Gasteiger partial charge in [0.25, 0.3) is 0 Å². The van der Waals surface area contributed by atoms with Crippen LogP contribution in [0.5, 0.6) is 5.75 Å². The van der Waals surface area contributed by atoms with E-state index in [9.17, 15) is 4.79 Å². The monoisotopic (exact) mass is 554 g/mol. The van der Waals surface area contributed by atoms with Gasteiger partial charge in [0.15, 0.2) is 5.82 Å². The van der Waals surface area contributed by atoms with Crippen molar-refractivity contribution in [1.29, 1.82) is 0 Å². The average molecular weight is 555 g/mol. The standard InChI is InChI=1S/C28H35ClN6O4/c1-37-25-20-8-7-19(35-10-12-38-13-11-35)6-4-16(20)5-9-22(25)32-28-31-15-21(29)26(34-28)33-23-17-2-3-18(14-17)24(23)39-27(30)36/h2-3,5,9,15,17-19,23-24H,4,6-8,10-14H2,1H3,(H2,30,36)(H2,31,32,33,34)/t17-,18+,19-,23+,24-/m0/s1. The summed E-state index contributed by atoms with van der Waals surface area (Å²) < 4.78 is 16.9. The van der Waals surface area contributed by atoms with Crippen molar-refractivity contribution in [1.82, 2.24) is 14.9 Å². The summed E-state index contributed by atoms with van der Waals surface area (Å²) in [6.45, 7) is 3.64. The molecule has 1 aromatic heterocycles. The number of benzene rings is 1. The molecule has 6 rings (SSSR count). The Morgan fingerprint density at radius 2 is 1.97 bits per heavy atom. The highest BCUT2D eigenvalue weighted by Crippen LogP contribution is 2.43. The molecule has 1 saturated carbocycles. The van der Waals surface area contributed by atoms with E-state index in [1.807, 2.05) is 6.07 Å². The van der Waals surface area contributed by atoms with E-state index in [4.69, 9.17) is 31.5 Å². The number of fused-ring (bicyclic) bond motifs is 3. The lowest BCUT2D eigenvalue weighted by atomic mass is 9.98. The van der Waals surface area contributed by atoms with Gasteiger partial charge in [0.2, 0.25) is 5.95 Å². The number of aromatic nitrogens is 2. The molecule has 2 heterocycles. The van der Waals surface area contributed by atoms with E-state index in [2.05, 4.69) is 43.7 Å². The number of methoxy groups -OCH3 is 1. The SMILES string of the molecule is COc1c(Nc2ncc(Cl)c(N[C@H]3[C@@H](OC(N)=O)[C@@H]4C=C[C@H]3C4)n2)ccc2c1CC[C@@H](N1CCOCC1)CC2. The summed E-state index contributed by atoms with van der Waals surface area (Å²) >= 11 is 6.48. The second-order valence-electron chi connectivity index (χ2n) is 10.7. The van der Waals surface area contributed by atoms with Gasteiger partial charge in [0, 0.05) is 31.0 Å². The molecular weight excluding hydrogens is 520 g/mol. The van der Waals surface area contributed by atoms with E-state index < -0.39 is 6.09 Å². The zero-order valence-electron chi connectivity index (χ0n) is 22.1. The first-order chi connectivity index (χ1) is 19.0. The Labute approximate surface area is 233 Å². The number of carbonyl (C=O) groups is 1. The fourth-order valence-corrected chi connectivity index (χ4v) is 6.81. The number of ether oxygens (including phenoxy) is 3. The smallest absolute Gasteiger partial charge is 0.404 e. The van der Waals surface area contributed by atoms with Crippen LogP contribution in [0.2, 0.25) is 5.02 Å². The highest BCUT2D eigenvalue weighted by atomic mass is 35.5. The van der Waals surface area contributed by atoms with E-state index in [0.29, 0.717) is 22.8 Å². The van der Waals surface area contributed by atoms with Gasteiger partial charge >= 0.3 is 6.09 Å². The normalized spacial score (nSPS) is 28.0. The molecule has 208 valence electrons. The summed E-state index contributed by atoms with van der Waals surface area (Å²) in [4.78, 5) is 23.2. The lowest BCUT2D eigenvalue weighted by Crippen LogP contribution is -2.43. The molecule has 5 atom stereocenters. The zero-order chi connectivity index (χ0) is 26.9. The maximum atomic E-state index is 11.5. The number of amides is 1. The minimum atomic E-state index is -0.782. The van der Waals surface area contributed by atoms with Gasteiger partial charge in [0.05, 0.1) is 38.2 Å². The second kappa shape index (κ2) is 11.2. The van der Waals surface area contributed by atoms with Crippen molar-refractivity contribution < 1.29 is 19.0 Å². The van der Waals surface area contributed by atoms with Gasteiger partial charge in [-0.1, -0.05) is 29.8 Å². The van der Waals surface area contributed by atoms with Crippen LogP contribution in [0.25, 0.3) is 0 Å². The number of halogens is 1. The maximum Gasteiger partial charge on any atom is 0.404 e. The van der Waals surface area contributed by atoms with E-state index in [1.165, 1.54) is 11.1 Å². The van der Waals surface area contributed by atoms with E-state index >= 15 is 0 Å².